The molecule has 1 heterocycles. The molecule has 3 aromatic rings. The third-order valence-electron chi connectivity index (χ3n) is 5.19. The third-order valence-corrected chi connectivity index (χ3v) is 7.49. The number of aromatic nitrogens is 2. The average Bonchev–Trinajstić information content (AvgIpc) is 2.93. The van der Waals surface area contributed by atoms with Crippen molar-refractivity contribution in [1.29, 1.82) is 0 Å². The maximum Gasteiger partial charge on any atom is 0.357 e. The molecule has 0 saturated heterocycles. The molecule has 0 radical (unpaired) electrons. The standard InChI is InChI=1S/C26H31FN3O8P/c1-6-35-39(32,36-7-2)25(18-8-10-19(27)11-9-18)30-24(31)17(3)37-20-12-14-21(15-13-20)38-26-28-22(33-4)16-23(29-26)34-5/h8-17,25H,6-7H2,1-5H3,(H,30,31). The fraction of sp³-hybridized carbons (Fsp3) is 0.346. The summed E-state index contributed by atoms with van der Waals surface area (Å²) in [6, 6.07) is 13.2. The van der Waals surface area contributed by atoms with Gasteiger partial charge in [-0.15, -0.1) is 0 Å². The van der Waals surface area contributed by atoms with Crippen molar-refractivity contribution in [3.63, 3.8) is 0 Å². The summed E-state index contributed by atoms with van der Waals surface area (Å²) < 4.78 is 59.6. The smallest absolute Gasteiger partial charge is 0.357 e. The van der Waals surface area contributed by atoms with Crippen molar-refractivity contribution in [2.24, 2.45) is 0 Å². The molecule has 210 valence electrons. The molecule has 0 bridgehead atoms. The topological polar surface area (TPSA) is 127 Å². The van der Waals surface area contributed by atoms with Gasteiger partial charge in [0.2, 0.25) is 11.8 Å². The van der Waals surface area contributed by atoms with Gasteiger partial charge in [0.25, 0.3) is 5.91 Å². The van der Waals surface area contributed by atoms with E-state index in [2.05, 4.69) is 15.3 Å². The Morgan fingerprint density at radius 1 is 0.923 bits per heavy atom. The molecule has 0 aliphatic heterocycles. The van der Waals surface area contributed by atoms with Crippen LogP contribution in [0.15, 0.2) is 54.6 Å². The van der Waals surface area contributed by atoms with Crippen molar-refractivity contribution in [1.82, 2.24) is 15.3 Å². The predicted molar refractivity (Wildman–Crippen MR) is 140 cm³/mol. The quantitative estimate of drug-likeness (QED) is 0.259. The maximum absolute atomic E-state index is 13.5. The molecular weight excluding hydrogens is 532 g/mol. The molecule has 13 heteroatoms. The lowest BCUT2D eigenvalue weighted by molar-refractivity contribution is -0.127. The number of ether oxygens (including phenoxy) is 4. The molecule has 2 atom stereocenters. The first-order valence-electron chi connectivity index (χ1n) is 12.1. The van der Waals surface area contributed by atoms with Gasteiger partial charge in [-0.05, 0) is 62.7 Å². The number of nitrogens with one attached hydrogen (secondary N) is 1. The highest BCUT2D eigenvalue weighted by Gasteiger charge is 2.39. The summed E-state index contributed by atoms with van der Waals surface area (Å²) >= 11 is 0. The second kappa shape index (κ2) is 13.9. The van der Waals surface area contributed by atoms with E-state index in [0.29, 0.717) is 17.1 Å². The molecular formula is C26H31FN3O8P. The molecule has 0 aliphatic rings. The predicted octanol–water partition coefficient (Wildman–Crippen LogP) is 5.27. The van der Waals surface area contributed by atoms with Crippen molar-refractivity contribution in [2.45, 2.75) is 32.7 Å². The molecule has 0 aliphatic carbocycles. The van der Waals surface area contributed by atoms with Crippen LogP contribution in [0.5, 0.6) is 29.3 Å². The van der Waals surface area contributed by atoms with Crippen LogP contribution in [0.1, 0.15) is 32.1 Å². The summed E-state index contributed by atoms with van der Waals surface area (Å²) in [5.74, 6) is -0.922. The number of methoxy groups -OCH3 is 2. The molecule has 1 N–H and O–H groups in total. The van der Waals surface area contributed by atoms with Crippen LogP contribution in [-0.2, 0) is 18.4 Å². The fourth-order valence-corrected chi connectivity index (χ4v) is 5.29. The lowest BCUT2D eigenvalue weighted by atomic mass is 10.2. The van der Waals surface area contributed by atoms with Crippen LogP contribution in [0.3, 0.4) is 0 Å². The number of hydrogen-bond donors (Lipinski definition) is 1. The van der Waals surface area contributed by atoms with Gasteiger partial charge in [-0.25, -0.2) is 4.39 Å². The zero-order chi connectivity index (χ0) is 28.4. The second-order valence-corrected chi connectivity index (χ2v) is 10.0. The van der Waals surface area contributed by atoms with Gasteiger partial charge < -0.3 is 33.3 Å². The average molecular weight is 564 g/mol. The van der Waals surface area contributed by atoms with Crippen molar-refractivity contribution < 1.29 is 41.7 Å². The lowest BCUT2D eigenvalue weighted by Crippen LogP contribution is -2.39. The Morgan fingerprint density at radius 3 is 1.97 bits per heavy atom. The van der Waals surface area contributed by atoms with Crippen LogP contribution < -0.4 is 24.3 Å². The summed E-state index contributed by atoms with van der Waals surface area (Å²) in [6.07, 6.45) is -0.998. The van der Waals surface area contributed by atoms with Gasteiger partial charge in [0.1, 0.15) is 17.3 Å². The number of carbonyl (C=O) groups is 1. The number of rotatable bonds is 14. The van der Waals surface area contributed by atoms with Crippen molar-refractivity contribution in [2.75, 3.05) is 27.4 Å². The minimum Gasteiger partial charge on any atom is -0.481 e. The molecule has 3 rings (SSSR count). The third kappa shape index (κ3) is 8.13. The van der Waals surface area contributed by atoms with E-state index in [1.54, 1.807) is 38.1 Å². The Balaban J connectivity index is 1.72. The first-order valence-corrected chi connectivity index (χ1v) is 13.7. The molecule has 0 spiro atoms. The highest BCUT2D eigenvalue weighted by molar-refractivity contribution is 7.54. The maximum atomic E-state index is 13.5. The first-order chi connectivity index (χ1) is 18.7. The van der Waals surface area contributed by atoms with E-state index in [9.17, 15) is 13.8 Å². The van der Waals surface area contributed by atoms with Gasteiger partial charge in [-0.2, -0.15) is 9.97 Å². The second-order valence-electron chi connectivity index (χ2n) is 7.91. The van der Waals surface area contributed by atoms with Gasteiger partial charge in [-0.1, -0.05) is 12.1 Å². The van der Waals surface area contributed by atoms with E-state index < -0.39 is 31.2 Å². The fourth-order valence-electron chi connectivity index (χ4n) is 3.38. The SMILES string of the molecule is CCOP(=O)(OCC)C(NC(=O)C(C)Oc1ccc(Oc2nc(OC)cc(OC)n2)cc1)c1ccc(F)cc1. The lowest BCUT2D eigenvalue weighted by Gasteiger charge is -2.28. The summed E-state index contributed by atoms with van der Waals surface area (Å²) in [5, 5.41) is 2.68. The minimum absolute atomic E-state index is 0.0208. The van der Waals surface area contributed by atoms with E-state index in [-0.39, 0.29) is 31.0 Å². The van der Waals surface area contributed by atoms with Gasteiger partial charge in [0.05, 0.1) is 33.5 Å². The zero-order valence-corrected chi connectivity index (χ0v) is 23.1. The number of amides is 1. The van der Waals surface area contributed by atoms with Crippen LogP contribution in [0.2, 0.25) is 0 Å². The minimum atomic E-state index is -3.85. The first kappa shape index (κ1) is 29.8. The molecule has 2 aromatic carbocycles. The summed E-state index contributed by atoms with van der Waals surface area (Å²) in [4.78, 5) is 21.3. The van der Waals surface area contributed by atoms with Crippen molar-refractivity contribution in [3.05, 3.63) is 66.0 Å². The van der Waals surface area contributed by atoms with E-state index in [4.69, 9.17) is 28.0 Å². The van der Waals surface area contributed by atoms with Gasteiger partial charge in [0, 0.05) is 0 Å². The molecule has 1 amide bonds. The Bertz CT molecular complexity index is 1240. The highest BCUT2D eigenvalue weighted by atomic mass is 31.2. The molecule has 1 aromatic heterocycles. The van der Waals surface area contributed by atoms with Gasteiger partial charge >= 0.3 is 13.6 Å². The largest absolute Gasteiger partial charge is 0.481 e. The van der Waals surface area contributed by atoms with Crippen LogP contribution in [0.25, 0.3) is 0 Å². The number of halogens is 1. The zero-order valence-electron chi connectivity index (χ0n) is 22.3. The van der Waals surface area contributed by atoms with E-state index in [0.717, 1.165) is 0 Å². The number of nitrogens with zero attached hydrogens (tertiary/aromatic N) is 2. The Morgan fingerprint density at radius 2 is 1.46 bits per heavy atom. The highest BCUT2D eigenvalue weighted by Crippen LogP contribution is 2.59. The van der Waals surface area contributed by atoms with Crippen LogP contribution >= 0.6 is 7.60 Å². The Hall–Kier alpha value is -3.73. The summed E-state index contributed by atoms with van der Waals surface area (Å²) in [7, 11) is -0.927. The van der Waals surface area contributed by atoms with Gasteiger partial charge in [0.15, 0.2) is 11.9 Å². The summed E-state index contributed by atoms with van der Waals surface area (Å²) in [6.45, 7) is 5.01. The van der Waals surface area contributed by atoms with E-state index in [1.807, 2.05) is 0 Å². The normalized spacial score (nSPS) is 12.8. The molecule has 11 nitrogen and oxygen atoms in total. The van der Waals surface area contributed by atoms with Gasteiger partial charge in [-0.3, -0.25) is 9.36 Å². The monoisotopic (exact) mass is 563 g/mol. The number of benzene rings is 2. The van der Waals surface area contributed by atoms with Crippen molar-refractivity contribution >= 4 is 13.5 Å². The molecule has 2 unspecified atom stereocenters. The Labute approximate surface area is 226 Å². The van der Waals surface area contributed by atoms with E-state index in [1.165, 1.54) is 51.5 Å². The van der Waals surface area contributed by atoms with E-state index >= 15 is 0 Å². The van der Waals surface area contributed by atoms with Crippen molar-refractivity contribution in [3.8, 4) is 29.3 Å². The number of hydrogen-bond acceptors (Lipinski definition) is 10. The number of carbonyl (C=O) groups excluding carboxylic acids is 1. The van der Waals surface area contributed by atoms with Crippen LogP contribution in [0, 0.1) is 5.82 Å². The molecule has 0 saturated carbocycles. The van der Waals surface area contributed by atoms with Crippen LogP contribution in [0.4, 0.5) is 4.39 Å². The Kier molecular flexibility index (Phi) is 10.6. The molecule has 0 fully saturated rings. The summed E-state index contributed by atoms with van der Waals surface area (Å²) in [5.41, 5.74) is 0.361. The molecule has 39 heavy (non-hydrogen) atoms. The van der Waals surface area contributed by atoms with Crippen LogP contribution in [-0.4, -0.2) is 49.4 Å².